The molecule has 0 spiro atoms. The van der Waals surface area contributed by atoms with E-state index in [1.165, 1.54) is 24.3 Å². The first kappa shape index (κ1) is 15.6. The van der Waals surface area contributed by atoms with Crippen molar-refractivity contribution in [1.29, 1.82) is 5.26 Å². The summed E-state index contributed by atoms with van der Waals surface area (Å²) in [6, 6.07) is 14.9. The molecule has 120 valence electrons. The summed E-state index contributed by atoms with van der Waals surface area (Å²) in [6.45, 7) is 0. The van der Waals surface area contributed by atoms with Gasteiger partial charge in [0, 0.05) is 6.07 Å². The summed E-state index contributed by atoms with van der Waals surface area (Å²) in [6.07, 6.45) is -4.70. The molecule has 4 nitrogen and oxygen atoms in total. The second kappa shape index (κ2) is 5.74. The SMILES string of the molecule is N#Cc1c(C(F)(F)F)[nH+]c2ccc(Oc3ccccc3)cc2c1N. The molecule has 1 aromatic heterocycles. The van der Waals surface area contributed by atoms with Gasteiger partial charge < -0.3 is 10.5 Å². The van der Waals surface area contributed by atoms with E-state index in [9.17, 15) is 13.2 Å². The number of alkyl halides is 3. The summed E-state index contributed by atoms with van der Waals surface area (Å²) in [5, 5.41) is 9.33. The van der Waals surface area contributed by atoms with Crippen LogP contribution in [0.4, 0.5) is 18.9 Å². The third kappa shape index (κ3) is 2.82. The highest BCUT2D eigenvalue weighted by atomic mass is 19.4. The fourth-order valence-corrected chi connectivity index (χ4v) is 2.34. The molecule has 3 aromatic rings. The zero-order valence-corrected chi connectivity index (χ0v) is 12.2. The lowest BCUT2D eigenvalue weighted by atomic mass is 10.1. The third-order valence-corrected chi connectivity index (χ3v) is 3.43. The number of nitrogen functional groups attached to an aromatic ring is 1. The standard InChI is InChI=1S/C17H10F3N3O/c18-17(19,20)16-13(9-21)15(22)12-8-11(6-7-14(12)23-16)24-10-4-2-1-3-5-10/h1-8H,(H2,22,23)/p+1. The van der Waals surface area contributed by atoms with Crippen molar-refractivity contribution >= 4 is 16.6 Å². The average Bonchev–Trinajstić information content (AvgIpc) is 2.55. The van der Waals surface area contributed by atoms with Crippen LogP contribution in [0.1, 0.15) is 11.3 Å². The number of benzene rings is 2. The summed E-state index contributed by atoms with van der Waals surface area (Å²) in [4.78, 5) is 2.24. The molecular weight excluding hydrogens is 319 g/mol. The van der Waals surface area contributed by atoms with Crippen LogP contribution in [-0.4, -0.2) is 0 Å². The van der Waals surface area contributed by atoms with Crippen molar-refractivity contribution in [2.24, 2.45) is 0 Å². The molecule has 0 aliphatic carbocycles. The summed E-state index contributed by atoms with van der Waals surface area (Å²) in [7, 11) is 0. The minimum absolute atomic E-state index is 0.166. The molecule has 0 amide bonds. The number of anilines is 1. The number of hydrogen-bond donors (Lipinski definition) is 1. The van der Waals surface area contributed by atoms with Gasteiger partial charge in [-0.15, -0.1) is 0 Å². The summed E-state index contributed by atoms with van der Waals surface area (Å²) in [5.74, 6) is 0.976. The van der Waals surface area contributed by atoms with E-state index in [0.717, 1.165) is 0 Å². The highest BCUT2D eigenvalue weighted by Gasteiger charge is 2.43. The molecule has 3 rings (SSSR count). The Labute approximate surface area is 134 Å². The van der Waals surface area contributed by atoms with Gasteiger partial charge in [0.25, 0.3) is 0 Å². The number of halogens is 3. The molecule has 0 saturated carbocycles. The zero-order chi connectivity index (χ0) is 17.3. The number of rotatable bonds is 2. The van der Waals surface area contributed by atoms with Crippen LogP contribution in [0.2, 0.25) is 0 Å². The number of para-hydroxylation sites is 1. The third-order valence-electron chi connectivity index (χ3n) is 3.43. The predicted molar refractivity (Wildman–Crippen MR) is 81.1 cm³/mol. The lowest BCUT2D eigenvalue weighted by Crippen LogP contribution is -2.25. The molecule has 0 radical (unpaired) electrons. The van der Waals surface area contributed by atoms with E-state index in [2.05, 4.69) is 4.98 Å². The van der Waals surface area contributed by atoms with Crippen molar-refractivity contribution in [1.82, 2.24) is 0 Å². The molecular formula is C17H11F3N3O+. The Kier molecular flexibility index (Phi) is 3.73. The highest BCUT2D eigenvalue weighted by molar-refractivity contribution is 5.92. The van der Waals surface area contributed by atoms with Crippen LogP contribution < -0.4 is 15.5 Å². The quantitative estimate of drug-likeness (QED) is 0.774. The van der Waals surface area contributed by atoms with Crippen molar-refractivity contribution < 1.29 is 22.9 Å². The van der Waals surface area contributed by atoms with Gasteiger partial charge in [-0.05, 0) is 24.3 Å². The van der Waals surface area contributed by atoms with Gasteiger partial charge in [-0.3, -0.25) is 0 Å². The van der Waals surface area contributed by atoms with Gasteiger partial charge in [-0.2, -0.15) is 23.4 Å². The number of hydrogen-bond acceptors (Lipinski definition) is 3. The molecule has 0 bridgehead atoms. The largest absolute Gasteiger partial charge is 0.478 e. The first-order valence-corrected chi connectivity index (χ1v) is 6.89. The maximum Gasteiger partial charge on any atom is 0.478 e. The average molecular weight is 330 g/mol. The minimum atomic E-state index is -4.70. The van der Waals surface area contributed by atoms with Gasteiger partial charge in [0.2, 0.25) is 5.52 Å². The van der Waals surface area contributed by atoms with E-state index in [0.29, 0.717) is 11.5 Å². The molecule has 2 aromatic carbocycles. The Morgan fingerprint density at radius 3 is 2.38 bits per heavy atom. The number of aromatic amines is 1. The van der Waals surface area contributed by atoms with Crippen molar-refractivity contribution in [3.05, 3.63) is 59.8 Å². The van der Waals surface area contributed by atoms with Gasteiger partial charge in [-0.25, -0.2) is 0 Å². The number of aromatic nitrogens is 1. The van der Waals surface area contributed by atoms with Crippen molar-refractivity contribution in [2.75, 3.05) is 5.73 Å². The number of nitrogens with zero attached hydrogens (tertiary/aromatic N) is 1. The number of fused-ring (bicyclic) bond motifs is 1. The van der Waals surface area contributed by atoms with E-state index in [1.807, 2.05) is 6.07 Å². The lowest BCUT2D eigenvalue weighted by molar-refractivity contribution is -0.399. The maximum absolute atomic E-state index is 13.0. The normalized spacial score (nSPS) is 11.2. The number of nitrogens with one attached hydrogen (secondary N) is 1. The lowest BCUT2D eigenvalue weighted by Gasteiger charge is -2.09. The monoisotopic (exact) mass is 330 g/mol. The molecule has 0 fully saturated rings. The van der Waals surface area contributed by atoms with Crippen LogP contribution in [0.25, 0.3) is 10.9 Å². The van der Waals surface area contributed by atoms with E-state index in [4.69, 9.17) is 15.7 Å². The van der Waals surface area contributed by atoms with E-state index >= 15 is 0 Å². The Morgan fingerprint density at radius 2 is 1.75 bits per heavy atom. The summed E-state index contributed by atoms with van der Waals surface area (Å²) in [5.41, 5.74) is 3.93. The highest BCUT2D eigenvalue weighted by Crippen LogP contribution is 2.35. The van der Waals surface area contributed by atoms with Crippen LogP contribution in [0.3, 0.4) is 0 Å². The van der Waals surface area contributed by atoms with E-state index in [1.54, 1.807) is 24.3 Å². The molecule has 1 heterocycles. The first-order valence-electron chi connectivity index (χ1n) is 6.89. The number of nitrogens with two attached hydrogens (primary N) is 1. The fourth-order valence-electron chi connectivity index (χ4n) is 2.34. The van der Waals surface area contributed by atoms with E-state index < -0.39 is 17.4 Å². The Bertz CT molecular complexity index is 947. The fraction of sp³-hybridized carbons (Fsp3) is 0.0588. The number of pyridine rings is 1. The first-order chi connectivity index (χ1) is 11.4. The summed E-state index contributed by atoms with van der Waals surface area (Å²) < 4.78 is 44.8. The Balaban J connectivity index is 2.14. The molecule has 24 heavy (non-hydrogen) atoms. The molecule has 7 heteroatoms. The summed E-state index contributed by atoms with van der Waals surface area (Å²) >= 11 is 0. The predicted octanol–water partition coefficient (Wildman–Crippen LogP) is 3.92. The molecule has 3 N–H and O–H groups in total. The van der Waals surface area contributed by atoms with Gasteiger partial charge in [0.1, 0.15) is 17.6 Å². The van der Waals surface area contributed by atoms with Crippen LogP contribution in [-0.2, 0) is 6.18 Å². The van der Waals surface area contributed by atoms with Gasteiger partial charge in [0.05, 0.1) is 11.1 Å². The van der Waals surface area contributed by atoms with Crippen molar-refractivity contribution in [3.8, 4) is 17.6 Å². The number of ether oxygens (including phenoxy) is 1. The van der Waals surface area contributed by atoms with Crippen molar-refractivity contribution in [2.45, 2.75) is 6.18 Å². The van der Waals surface area contributed by atoms with Gasteiger partial charge in [-0.1, -0.05) is 18.2 Å². The van der Waals surface area contributed by atoms with Crippen LogP contribution in [0, 0.1) is 11.3 Å². The number of H-pyrrole nitrogens is 1. The van der Waals surface area contributed by atoms with Gasteiger partial charge in [0.15, 0.2) is 5.56 Å². The Morgan fingerprint density at radius 1 is 1.04 bits per heavy atom. The van der Waals surface area contributed by atoms with Gasteiger partial charge >= 0.3 is 11.9 Å². The van der Waals surface area contributed by atoms with Crippen LogP contribution in [0.15, 0.2) is 48.5 Å². The molecule has 0 unspecified atom stereocenters. The molecule has 0 aliphatic rings. The molecule has 0 saturated heterocycles. The molecule has 0 atom stereocenters. The maximum atomic E-state index is 13.0. The minimum Gasteiger partial charge on any atom is -0.457 e. The smallest absolute Gasteiger partial charge is 0.457 e. The molecule has 0 aliphatic heterocycles. The van der Waals surface area contributed by atoms with Crippen LogP contribution in [0.5, 0.6) is 11.5 Å². The number of nitriles is 1. The van der Waals surface area contributed by atoms with Crippen LogP contribution >= 0.6 is 0 Å². The second-order valence-corrected chi connectivity index (χ2v) is 5.02. The van der Waals surface area contributed by atoms with Crippen molar-refractivity contribution in [3.63, 3.8) is 0 Å². The second-order valence-electron chi connectivity index (χ2n) is 5.02. The zero-order valence-electron chi connectivity index (χ0n) is 12.2. The topological polar surface area (TPSA) is 73.2 Å². The van der Waals surface area contributed by atoms with E-state index in [-0.39, 0.29) is 16.6 Å². The Hall–Kier alpha value is -3.27.